The molecule has 0 spiro atoms. The minimum atomic E-state index is -0.876. The molecule has 0 aliphatic heterocycles. The van der Waals surface area contributed by atoms with Gasteiger partial charge in [-0.15, -0.1) is 5.41 Å². The zero-order chi connectivity index (χ0) is 13.3. The van der Waals surface area contributed by atoms with Gasteiger partial charge in [0.15, 0.2) is 0 Å². The average molecular weight is 284 g/mol. The summed E-state index contributed by atoms with van der Waals surface area (Å²) in [7, 11) is 0. The number of nitrogens with two attached hydrogens (primary N) is 1. The Morgan fingerprint density at radius 2 is 2.00 bits per heavy atom. The Hall–Kier alpha value is -0.244. The molecular weight excluding hydrogens is 269 g/mol. The van der Waals surface area contributed by atoms with E-state index in [0.717, 1.165) is 11.1 Å². The van der Waals surface area contributed by atoms with E-state index in [9.17, 15) is 9.59 Å². The number of fused-ring (bicyclic) bond motifs is 1. The van der Waals surface area contributed by atoms with E-state index in [1.807, 2.05) is 12.1 Å². The van der Waals surface area contributed by atoms with Gasteiger partial charge < -0.3 is 28.5 Å². The second kappa shape index (κ2) is 6.47. The number of amides is 2. The second-order valence-electron chi connectivity index (χ2n) is 4.70. The Labute approximate surface area is 154 Å². The summed E-state index contributed by atoms with van der Waals surface area (Å²) in [6.45, 7) is 3.78. The predicted octanol–water partition coefficient (Wildman–Crippen LogP) is -1.91. The van der Waals surface area contributed by atoms with E-state index in [-0.39, 0.29) is 63.8 Å². The first-order chi connectivity index (χ1) is 8.44. The van der Waals surface area contributed by atoms with Gasteiger partial charge >= 0.3 is 51.4 Å². The number of carbonyl (C=O) groups is 2. The first-order valence-corrected chi connectivity index (χ1v) is 5.68. The summed E-state index contributed by atoms with van der Waals surface area (Å²) in [5.74, 6) is -0.906. The molecule has 19 heavy (non-hydrogen) atoms. The number of hydrogen-bond donors (Lipinski definition) is 2. The SMILES string of the molecule is [CH2-]C1(C([NH-])=O)Cc2ccc(NC(=O)CN)cc2C1.[K+]. The first-order valence-electron chi connectivity index (χ1n) is 5.68. The maximum absolute atomic E-state index is 11.3. The van der Waals surface area contributed by atoms with Crippen molar-refractivity contribution in [1.29, 1.82) is 0 Å². The number of rotatable bonds is 3. The van der Waals surface area contributed by atoms with Crippen LogP contribution in [0.4, 0.5) is 5.69 Å². The molecule has 0 fully saturated rings. The quantitative estimate of drug-likeness (QED) is 0.500. The van der Waals surface area contributed by atoms with Gasteiger partial charge in [0.25, 0.3) is 0 Å². The molecule has 1 unspecified atom stereocenters. The van der Waals surface area contributed by atoms with Gasteiger partial charge in [0, 0.05) is 11.6 Å². The summed E-state index contributed by atoms with van der Waals surface area (Å²) in [4.78, 5) is 22.4. The van der Waals surface area contributed by atoms with Crippen LogP contribution in [0, 0.1) is 12.3 Å². The predicted molar refractivity (Wildman–Crippen MR) is 68.7 cm³/mol. The summed E-state index contributed by atoms with van der Waals surface area (Å²) in [6.07, 6.45) is 0.923. The molecule has 1 aromatic rings. The number of hydrogen-bond acceptors (Lipinski definition) is 3. The molecule has 1 aliphatic rings. The average Bonchev–Trinajstić information content (AvgIpc) is 2.66. The maximum Gasteiger partial charge on any atom is 1.00 e. The molecule has 2 amide bonds. The molecule has 0 aromatic heterocycles. The molecule has 0 saturated heterocycles. The fourth-order valence-electron chi connectivity index (χ4n) is 2.20. The fraction of sp³-hybridized carbons (Fsp3) is 0.308. The van der Waals surface area contributed by atoms with Crippen molar-refractivity contribution in [3.63, 3.8) is 0 Å². The van der Waals surface area contributed by atoms with Gasteiger partial charge in [0.2, 0.25) is 5.91 Å². The van der Waals surface area contributed by atoms with Crippen LogP contribution in [-0.4, -0.2) is 18.4 Å². The summed E-state index contributed by atoms with van der Waals surface area (Å²) in [5, 5.41) is 2.66. The van der Waals surface area contributed by atoms with Crippen LogP contribution in [0.1, 0.15) is 11.1 Å². The van der Waals surface area contributed by atoms with Crippen LogP contribution >= 0.6 is 0 Å². The van der Waals surface area contributed by atoms with Gasteiger partial charge in [-0.25, -0.2) is 0 Å². The molecule has 0 bridgehead atoms. The van der Waals surface area contributed by atoms with Gasteiger partial charge in [-0.05, 0) is 36.1 Å². The van der Waals surface area contributed by atoms with Crippen molar-refractivity contribution in [2.24, 2.45) is 11.1 Å². The minimum absolute atomic E-state index is 0. The normalized spacial score (nSPS) is 20.3. The molecule has 5 nitrogen and oxygen atoms in total. The Balaban J connectivity index is 0.00000180. The van der Waals surface area contributed by atoms with Crippen molar-refractivity contribution < 1.29 is 61.0 Å². The van der Waals surface area contributed by atoms with Gasteiger partial charge in [-0.3, -0.25) is 4.79 Å². The molecule has 0 heterocycles. The van der Waals surface area contributed by atoms with Crippen molar-refractivity contribution >= 4 is 17.5 Å². The first kappa shape index (κ1) is 16.8. The second-order valence-corrected chi connectivity index (χ2v) is 4.70. The molecule has 1 aliphatic carbocycles. The fourth-order valence-corrected chi connectivity index (χ4v) is 2.20. The standard InChI is InChI=1S/C13H16N3O2.K/c1-13(12(15)18)5-8-2-3-10(4-9(8)6-13)16-11(17)7-14;/h2-4H,1,5-7,14H2,(H3,15,16,17,18);/q-1;+1/p-1. The molecule has 2 rings (SSSR count). The third-order valence-electron chi connectivity index (χ3n) is 3.21. The molecular formula is C13H15KN3O2-. The van der Waals surface area contributed by atoms with Crippen LogP contribution < -0.4 is 62.4 Å². The van der Waals surface area contributed by atoms with E-state index in [1.54, 1.807) is 6.07 Å². The summed E-state index contributed by atoms with van der Waals surface area (Å²) >= 11 is 0. The summed E-state index contributed by atoms with van der Waals surface area (Å²) in [6, 6.07) is 5.45. The zero-order valence-corrected chi connectivity index (χ0v) is 14.1. The Kier molecular flexibility index (Phi) is 5.73. The van der Waals surface area contributed by atoms with E-state index in [2.05, 4.69) is 12.2 Å². The number of benzene rings is 1. The Morgan fingerprint density at radius 3 is 2.58 bits per heavy atom. The molecule has 6 heteroatoms. The maximum atomic E-state index is 11.3. The Morgan fingerprint density at radius 1 is 1.37 bits per heavy atom. The molecule has 0 radical (unpaired) electrons. The van der Waals surface area contributed by atoms with E-state index in [1.165, 1.54) is 0 Å². The van der Waals surface area contributed by atoms with Crippen molar-refractivity contribution in [2.45, 2.75) is 12.8 Å². The molecule has 96 valence electrons. The molecule has 1 aromatic carbocycles. The third kappa shape index (κ3) is 3.65. The minimum Gasteiger partial charge on any atom is -0.670 e. The molecule has 1 atom stereocenters. The van der Waals surface area contributed by atoms with E-state index in [0.29, 0.717) is 18.5 Å². The number of nitrogens with one attached hydrogen (secondary N) is 2. The van der Waals surface area contributed by atoms with E-state index >= 15 is 0 Å². The van der Waals surface area contributed by atoms with Crippen LogP contribution in [0.2, 0.25) is 0 Å². The van der Waals surface area contributed by atoms with Gasteiger partial charge in [-0.2, -0.15) is 0 Å². The van der Waals surface area contributed by atoms with Gasteiger partial charge in [0.05, 0.1) is 6.54 Å². The summed E-state index contributed by atoms with van der Waals surface area (Å²) < 4.78 is 0. The van der Waals surface area contributed by atoms with Gasteiger partial charge in [0.1, 0.15) is 0 Å². The van der Waals surface area contributed by atoms with E-state index < -0.39 is 11.3 Å². The third-order valence-corrected chi connectivity index (χ3v) is 3.21. The van der Waals surface area contributed by atoms with Crippen LogP contribution in [0.5, 0.6) is 0 Å². The largest absolute Gasteiger partial charge is 1.00 e. The molecule has 0 saturated carbocycles. The molecule has 4 N–H and O–H groups in total. The topological polar surface area (TPSA) is 96.0 Å². The van der Waals surface area contributed by atoms with Crippen molar-refractivity contribution in [1.82, 2.24) is 0 Å². The van der Waals surface area contributed by atoms with Crippen LogP contribution in [0.25, 0.3) is 5.73 Å². The van der Waals surface area contributed by atoms with E-state index in [4.69, 9.17) is 11.5 Å². The summed E-state index contributed by atoms with van der Waals surface area (Å²) in [5.41, 5.74) is 14.2. The zero-order valence-electron chi connectivity index (χ0n) is 11.0. The smallest absolute Gasteiger partial charge is 0.670 e. The van der Waals surface area contributed by atoms with Crippen molar-refractivity contribution in [3.05, 3.63) is 42.0 Å². The van der Waals surface area contributed by atoms with Crippen molar-refractivity contribution in [2.75, 3.05) is 11.9 Å². The van der Waals surface area contributed by atoms with Crippen LogP contribution in [0.3, 0.4) is 0 Å². The Bertz CT molecular complexity index is 519. The monoisotopic (exact) mass is 284 g/mol. The number of carbonyl (C=O) groups excluding carboxylic acids is 2. The van der Waals surface area contributed by atoms with Gasteiger partial charge in [-0.1, -0.05) is 6.07 Å². The van der Waals surface area contributed by atoms with Crippen LogP contribution in [-0.2, 0) is 22.4 Å². The van der Waals surface area contributed by atoms with Crippen LogP contribution in [0.15, 0.2) is 18.2 Å². The number of anilines is 1. The van der Waals surface area contributed by atoms with Crippen molar-refractivity contribution in [3.8, 4) is 0 Å².